The van der Waals surface area contributed by atoms with Gasteiger partial charge in [-0.3, -0.25) is 14.5 Å². The molecule has 2 fully saturated rings. The molecule has 0 radical (unpaired) electrons. The number of amides is 3. The third-order valence-electron chi connectivity index (χ3n) is 6.01. The van der Waals surface area contributed by atoms with Crippen molar-refractivity contribution >= 4 is 52.3 Å². The number of unbranched alkanes of at least 4 members (excludes halogenated alkanes) is 2. The molecule has 0 saturated carbocycles. The lowest BCUT2D eigenvalue weighted by Gasteiger charge is -2.34. The van der Waals surface area contributed by atoms with Crippen molar-refractivity contribution in [2.24, 2.45) is 0 Å². The van der Waals surface area contributed by atoms with Gasteiger partial charge in [0.2, 0.25) is 5.91 Å². The molecule has 0 N–H and O–H groups in total. The van der Waals surface area contributed by atoms with Crippen molar-refractivity contribution in [2.45, 2.75) is 32.6 Å². The third kappa shape index (κ3) is 7.13. The van der Waals surface area contributed by atoms with Crippen LogP contribution in [0.3, 0.4) is 0 Å². The average molecular weight is 536 g/mol. The van der Waals surface area contributed by atoms with E-state index in [4.69, 9.17) is 26.4 Å². The van der Waals surface area contributed by atoms with Gasteiger partial charge in [0.1, 0.15) is 4.32 Å². The molecule has 36 heavy (non-hydrogen) atoms. The SMILES string of the molecule is CCOC(=O)N1CCN(C(=O)CCCCCN2C(=O)/C(=C/c3ccc(OC)c(OC)c3)SC2=S)CC1. The zero-order valence-corrected chi connectivity index (χ0v) is 22.6. The van der Waals surface area contributed by atoms with Crippen molar-refractivity contribution in [3.8, 4) is 11.5 Å². The van der Waals surface area contributed by atoms with Crippen molar-refractivity contribution in [3.63, 3.8) is 0 Å². The van der Waals surface area contributed by atoms with E-state index < -0.39 is 0 Å². The van der Waals surface area contributed by atoms with E-state index in [0.717, 1.165) is 24.8 Å². The van der Waals surface area contributed by atoms with Crippen molar-refractivity contribution in [1.82, 2.24) is 14.7 Å². The zero-order valence-electron chi connectivity index (χ0n) is 21.0. The number of hydrogen-bond donors (Lipinski definition) is 0. The highest BCUT2D eigenvalue weighted by Gasteiger charge is 2.31. The summed E-state index contributed by atoms with van der Waals surface area (Å²) in [6, 6.07) is 5.48. The second-order valence-electron chi connectivity index (χ2n) is 8.33. The van der Waals surface area contributed by atoms with Crippen LogP contribution in [0, 0.1) is 0 Å². The number of thioether (sulfide) groups is 1. The van der Waals surface area contributed by atoms with Gasteiger partial charge in [-0.15, -0.1) is 0 Å². The number of carbonyl (C=O) groups is 3. The van der Waals surface area contributed by atoms with E-state index in [1.807, 2.05) is 18.2 Å². The summed E-state index contributed by atoms with van der Waals surface area (Å²) in [5.74, 6) is 1.22. The van der Waals surface area contributed by atoms with E-state index in [1.54, 1.807) is 41.9 Å². The monoisotopic (exact) mass is 535 g/mol. The first-order chi connectivity index (χ1) is 17.4. The lowest BCUT2D eigenvalue weighted by Crippen LogP contribution is -2.50. The molecular weight excluding hydrogens is 502 g/mol. The van der Waals surface area contributed by atoms with Crippen LogP contribution in [-0.2, 0) is 14.3 Å². The van der Waals surface area contributed by atoms with E-state index >= 15 is 0 Å². The first-order valence-corrected chi connectivity index (χ1v) is 13.3. The molecule has 9 nitrogen and oxygen atoms in total. The molecule has 2 saturated heterocycles. The van der Waals surface area contributed by atoms with Gasteiger partial charge >= 0.3 is 6.09 Å². The van der Waals surface area contributed by atoms with Crippen molar-refractivity contribution in [1.29, 1.82) is 0 Å². The maximum Gasteiger partial charge on any atom is 0.409 e. The molecule has 0 bridgehead atoms. The third-order valence-corrected chi connectivity index (χ3v) is 7.39. The van der Waals surface area contributed by atoms with Gasteiger partial charge in [0.05, 0.1) is 25.7 Å². The number of carbonyl (C=O) groups excluding carboxylic acids is 3. The van der Waals surface area contributed by atoms with Crippen molar-refractivity contribution in [2.75, 3.05) is 53.6 Å². The van der Waals surface area contributed by atoms with Crippen LogP contribution >= 0.6 is 24.0 Å². The Hall–Kier alpha value is -2.79. The Labute approximate surface area is 221 Å². The minimum atomic E-state index is -0.320. The van der Waals surface area contributed by atoms with E-state index in [2.05, 4.69) is 0 Å². The zero-order chi connectivity index (χ0) is 26.1. The molecule has 1 aromatic carbocycles. The molecule has 0 unspecified atom stereocenters. The Balaban J connectivity index is 1.40. The highest BCUT2D eigenvalue weighted by molar-refractivity contribution is 8.26. The second kappa shape index (κ2) is 13.5. The average Bonchev–Trinajstić information content (AvgIpc) is 3.15. The number of methoxy groups -OCH3 is 2. The molecule has 3 amide bonds. The number of piperazine rings is 1. The largest absolute Gasteiger partial charge is 0.493 e. The van der Waals surface area contributed by atoms with Gasteiger partial charge in [-0.05, 0) is 43.5 Å². The number of ether oxygens (including phenoxy) is 3. The fourth-order valence-corrected chi connectivity index (χ4v) is 5.33. The fraction of sp³-hybridized carbons (Fsp3) is 0.520. The summed E-state index contributed by atoms with van der Waals surface area (Å²) in [7, 11) is 3.15. The number of nitrogens with zero attached hydrogens (tertiary/aromatic N) is 3. The van der Waals surface area contributed by atoms with Crippen LogP contribution in [0.1, 0.15) is 38.2 Å². The molecule has 2 aliphatic heterocycles. The second-order valence-corrected chi connectivity index (χ2v) is 10.0. The maximum atomic E-state index is 12.9. The Kier molecular flexibility index (Phi) is 10.4. The Bertz CT molecular complexity index is 1010. The van der Waals surface area contributed by atoms with Crippen molar-refractivity contribution < 1.29 is 28.6 Å². The predicted octanol–water partition coefficient (Wildman–Crippen LogP) is 3.77. The van der Waals surface area contributed by atoms with Gasteiger partial charge in [0.15, 0.2) is 11.5 Å². The molecule has 0 spiro atoms. The van der Waals surface area contributed by atoms with E-state index in [9.17, 15) is 14.4 Å². The van der Waals surface area contributed by atoms with Crippen LogP contribution < -0.4 is 9.47 Å². The molecule has 2 aliphatic rings. The minimum absolute atomic E-state index is 0.0990. The van der Waals surface area contributed by atoms with Gasteiger partial charge in [-0.25, -0.2) is 4.79 Å². The summed E-state index contributed by atoms with van der Waals surface area (Å²) < 4.78 is 16.2. The summed E-state index contributed by atoms with van der Waals surface area (Å²) >= 11 is 6.72. The molecule has 3 rings (SSSR count). The molecule has 2 heterocycles. The normalized spacial score (nSPS) is 17.1. The van der Waals surface area contributed by atoms with E-state index in [1.165, 1.54) is 11.8 Å². The Morgan fingerprint density at radius 3 is 2.39 bits per heavy atom. The van der Waals surface area contributed by atoms with Crippen LogP contribution in [0.4, 0.5) is 4.79 Å². The van der Waals surface area contributed by atoms with Gasteiger partial charge in [0, 0.05) is 39.1 Å². The number of benzene rings is 1. The summed E-state index contributed by atoms with van der Waals surface area (Å²) in [4.78, 5) is 42.8. The molecule has 0 aliphatic carbocycles. The lowest BCUT2D eigenvalue weighted by atomic mass is 10.1. The maximum absolute atomic E-state index is 12.9. The van der Waals surface area contributed by atoms with Gasteiger partial charge in [-0.2, -0.15) is 0 Å². The van der Waals surface area contributed by atoms with E-state index in [0.29, 0.717) is 66.5 Å². The van der Waals surface area contributed by atoms with Gasteiger partial charge in [-0.1, -0.05) is 36.5 Å². The van der Waals surface area contributed by atoms with E-state index in [-0.39, 0.29) is 17.9 Å². The highest BCUT2D eigenvalue weighted by Crippen LogP contribution is 2.34. The first kappa shape index (κ1) is 27.8. The molecule has 0 aromatic heterocycles. The summed E-state index contributed by atoms with van der Waals surface area (Å²) in [6.45, 7) is 4.70. The standard InChI is InChI=1S/C25H33N3O6S2/c1-4-34-24(31)27-14-12-26(13-15-27)22(29)8-6-5-7-11-28-23(30)21(36-25(28)35)17-18-9-10-19(32-2)20(16-18)33-3/h9-10,16-17H,4-8,11-15H2,1-3H3/b21-17-. The highest BCUT2D eigenvalue weighted by atomic mass is 32.2. The Morgan fingerprint density at radius 2 is 1.72 bits per heavy atom. The summed E-state index contributed by atoms with van der Waals surface area (Å²) in [6.07, 6.45) is 4.27. The van der Waals surface area contributed by atoms with Crippen molar-refractivity contribution in [3.05, 3.63) is 28.7 Å². The van der Waals surface area contributed by atoms with Crippen LogP contribution in [0.15, 0.2) is 23.1 Å². The quantitative estimate of drug-likeness (QED) is 0.254. The molecule has 11 heteroatoms. The number of rotatable bonds is 10. The smallest absolute Gasteiger partial charge is 0.409 e. The topological polar surface area (TPSA) is 88.6 Å². The summed E-state index contributed by atoms with van der Waals surface area (Å²) in [5.41, 5.74) is 0.828. The predicted molar refractivity (Wildman–Crippen MR) is 143 cm³/mol. The number of thiocarbonyl (C=S) groups is 1. The van der Waals surface area contributed by atoms with Crippen LogP contribution in [0.25, 0.3) is 6.08 Å². The fourth-order valence-electron chi connectivity index (χ4n) is 4.02. The molecule has 1 aromatic rings. The molecular formula is C25H33N3O6S2. The van der Waals surface area contributed by atoms with Gasteiger partial charge in [0.25, 0.3) is 5.91 Å². The van der Waals surface area contributed by atoms with Crippen LogP contribution in [-0.4, -0.2) is 90.5 Å². The van der Waals surface area contributed by atoms with Crippen LogP contribution in [0.2, 0.25) is 0 Å². The van der Waals surface area contributed by atoms with Gasteiger partial charge < -0.3 is 24.0 Å². The lowest BCUT2D eigenvalue weighted by molar-refractivity contribution is -0.133. The van der Waals surface area contributed by atoms with Crippen LogP contribution in [0.5, 0.6) is 11.5 Å². The first-order valence-electron chi connectivity index (χ1n) is 12.0. The molecule has 0 atom stereocenters. The minimum Gasteiger partial charge on any atom is -0.493 e. The number of hydrogen-bond acceptors (Lipinski definition) is 8. The summed E-state index contributed by atoms with van der Waals surface area (Å²) in [5, 5.41) is 0. The Morgan fingerprint density at radius 1 is 1.03 bits per heavy atom. The molecule has 196 valence electrons.